The van der Waals surface area contributed by atoms with Crippen LogP contribution in [0.3, 0.4) is 0 Å². The van der Waals surface area contributed by atoms with Crippen molar-refractivity contribution in [2.45, 2.75) is 32.7 Å². The van der Waals surface area contributed by atoms with Crippen molar-refractivity contribution in [3.63, 3.8) is 0 Å². The van der Waals surface area contributed by atoms with Crippen LogP contribution in [-0.4, -0.2) is 40.4 Å². The van der Waals surface area contributed by atoms with Crippen LogP contribution in [0.4, 0.5) is 5.82 Å². The van der Waals surface area contributed by atoms with Gasteiger partial charge in [0.1, 0.15) is 11.4 Å². The molecule has 2 aliphatic rings. The number of aromatic nitrogens is 2. The van der Waals surface area contributed by atoms with E-state index in [1.807, 2.05) is 35.2 Å². The number of carbonyl (C=O) groups excluding carboxylic acids is 1. The summed E-state index contributed by atoms with van der Waals surface area (Å²) in [5, 5.41) is 0. The van der Waals surface area contributed by atoms with Gasteiger partial charge in [-0.3, -0.25) is 4.79 Å². The van der Waals surface area contributed by atoms with Gasteiger partial charge >= 0.3 is 0 Å². The molecule has 0 atom stereocenters. The molecule has 2 aliphatic heterocycles. The average Bonchev–Trinajstić information content (AvgIpc) is 2.84. The first-order valence-corrected chi connectivity index (χ1v) is 11.2. The summed E-state index contributed by atoms with van der Waals surface area (Å²) in [5.41, 5.74) is 4.27. The lowest BCUT2D eigenvalue weighted by Crippen LogP contribution is -2.40. The van der Waals surface area contributed by atoms with Gasteiger partial charge in [0.25, 0.3) is 5.91 Å². The Morgan fingerprint density at radius 2 is 1.65 bits per heavy atom. The molecule has 31 heavy (non-hydrogen) atoms. The molecule has 3 aromatic rings. The van der Waals surface area contributed by atoms with E-state index < -0.39 is 0 Å². The lowest BCUT2D eigenvalue weighted by Gasteiger charge is -2.33. The minimum absolute atomic E-state index is 0.0559. The summed E-state index contributed by atoms with van der Waals surface area (Å²) in [7, 11) is 0. The molecule has 0 N–H and O–H groups in total. The molecule has 1 saturated heterocycles. The Balaban J connectivity index is 1.52. The topological polar surface area (TPSA) is 49.3 Å². The van der Waals surface area contributed by atoms with E-state index in [1.165, 1.54) is 11.1 Å². The number of hydrogen-bond donors (Lipinski definition) is 0. The number of nitrogens with zero attached hydrogens (tertiary/aromatic N) is 4. The van der Waals surface area contributed by atoms with Crippen molar-refractivity contribution in [1.82, 2.24) is 14.9 Å². The smallest absolute Gasteiger partial charge is 0.259 e. The normalized spacial score (nSPS) is 16.8. The number of likely N-dealkylation sites (tertiary alicyclic amines) is 1. The second-order valence-electron chi connectivity index (χ2n) is 8.71. The highest BCUT2D eigenvalue weighted by Crippen LogP contribution is 2.29. The van der Waals surface area contributed by atoms with Crippen molar-refractivity contribution in [1.29, 1.82) is 0 Å². The van der Waals surface area contributed by atoms with Crippen LogP contribution in [0.5, 0.6) is 0 Å². The molecule has 158 valence electrons. The largest absolute Gasteiger partial charge is 0.351 e. The maximum Gasteiger partial charge on any atom is 0.259 e. The van der Waals surface area contributed by atoms with Crippen LogP contribution in [0, 0.1) is 5.92 Å². The molecular formula is C26H28N4O. The van der Waals surface area contributed by atoms with E-state index in [2.05, 4.69) is 41.1 Å². The third kappa shape index (κ3) is 4.05. The fourth-order valence-electron chi connectivity index (χ4n) is 4.55. The molecule has 2 aromatic carbocycles. The molecule has 0 saturated carbocycles. The Labute approximate surface area is 183 Å². The molecule has 0 spiro atoms. The van der Waals surface area contributed by atoms with Crippen LogP contribution in [0.15, 0.2) is 60.8 Å². The van der Waals surface area contributed by atoms with Crippen LogP contribution in [0.25, 0.3) is 11.4 Å². The van der Waals surface area contributed by atoms with Crippen LogP contribution in [0.1, 0.15) is 41.3 Å². The van der Waals surface area contributed by atoms with Gasteiger partial charge in [0.05, 0.1) is 0 Å². The first-order valence-electron chi connectivity index (χ1n) is 11.2. The Kier molecular flexibility index (Phi) is 5.41. The minimum Gasteiger partial charge on any atom is -0.351 e. The monoisotopic (exact) mass is 412 g/mol. The molecule has 1 fully saturated rings. The molecule has 1 amide bonds. The second kappa shape index (κ2) is 8.50. The zero-order chi connectivity index (χ0) is 21.2. The summed E-state index contributed by atoms with van der Waals surface area (Å²) in [6, 6.07) is 18.5. The molecule has 5 nitrogen and oxygen atoms in total. The summed E-state index contributed by atoms with van der Waals surface area (Å²) in [4.78, 5) is 27.2. The van der Waals surface area contributed by atoms with Gasteiger partial charge < -0.3 is 9.80 Å². The highest BCUT2D eigenvalue weighted by atomic mass is 16.2. The van der Waals surface area contributed by atoms with Crippen LogP contribution < -0.4 is 4.90 Å². The van der Waals surface area contributed by atoms with E-state index in [0.717, 1.165) is 56.8 Å². The third-order valence-corrected chi connectivity index (χ3v) is 6.53. The van der Waals surface area contributed by atoms with Gasteiger partial charge in [0, 0.05) is 37.9 Å². The number of piperidine rings is 1. The number of fused-ring (bicyclic) bond motifs is 1. The van der Waals surface area contributed by atoms with E-state index in [1.54, 1.807) is 6.20 Å². The van der Waals surface area contributed by atoms with Gasteiger partial charge in [-0.25, -0.2) is 9.97 Å². The minimum atomic E-state index is 0.0559. The number of benzene rings is 2. The number of rotatable bonds is 3. The average molecular weight is 413 g/mol. The Bertz CT molecular complexity index is 1070. The number of amides is 1. The van der Waals surface area contributed by atoms with Crippen molar-refractivity contribution in [2.75, 3.05) is 24.5 Å². The van der Waals surface area contributed by atoms with Crippen molar-refractivity contribution in [2.24, 2.45) is 5.92 Å². The standard InChI is InChI=1S/C26H28N4O/c1-19-11-14-29(15-12-19)26(31)23-17-27-24(21-8-3-2-4-9-21)28-25(23)30-16-13-20-7-5-6-10-22(20)18-30/h2-10,17,19H,11-16,18H2,1H3. The second-order valence-corrected chi connectivity index (χ2v) is 8.71. The first kappa shape index (κ1) is 19.7. The summed E-state index contributed by atoms with van der Waals surface area (Å²) in [6.07, 6.45) is 4.81. The van der Waals surface area contributed by atoms with Gasteiger partial charge in [-0.05, 0) is 36.3 Å². The van der Waals surface area contributed by atoms with E-state index in [0.29, 0.717) is 17.3 Å². The lowest BCUT2D eigenvalue weighted by molar-refractivity contribution is 0.0697. The maximum absolute atomic E-state index is 13.5. The highest BCUT2D eigenvalue weighted by molar-refractivity contribution is 5.99. The van der Waals surface area contributed by atoms with Gasteiger partial charge in [0.2, 0.25) is 0 Å². The quantitative estimate of drug-likeness (QED) is 0.632. The number of carbonyl (C=O) groups is 1. The summed E-state index contributed by atoms with van der Waals surface area (Å²) in [6.45, 7) is 5.49. The van der Waals surface area contributed by atoms with E-state index in [4.69, 9.17) is 4.98 Å². The van der Waals surface area contributed by atoms with E-state index in [9.17, 15) is 4.79 Å². The maximum atomic E-state index is 13.5. The molecule has 0 bridgehead atoms. The molecule has 0 radical (unpaired) electrons. The van der Waals surface area contributed by atoms with Crippen molar-refractivity contribution < 1.29 is 4.79 Å². The van der Waals surface area contributed by atoms with Crippen molar-refractivity contribution in [3.8, 4) is 11.4 Å². The van der Waals surface area contributed by atoms with Crippen molar-refractivity contribution >= 4 is 11.7 Å². The molecule has 0 unspecified atom stereocenters. The Hall–Kier alpha value is -3.21. The Morgan fingerprint density at radius 3 is 2.42 bits per heavy atom. The van der Waals surface area contributed by atoms with E-state index in [-0.39, 0.29) is 5.91 Å². The number of anilines is 1. The lowest BCUT2D eigenvalue weighted by atomic mass is 9.98. The van der Waals surface area contributed by atoms with Crippen LogP contribution in [-0.2, 0) is 13.0 Å². The predicted molar refractivity (Wildman–Crippen MR) is 123 cm³/mol. The number of hydrogen-bond acceptors (Lipinski definition) is 4. The molecule has 1 aromatic heterocycles. The van der Waals surface area contributed by atoms with Gasteiger partial charge in [-0.15, -0.1) is 0 Å². The molecule has 5 rings (SSSR count). The zero-order valence-electron chi connectivity index (χ0n) is 18.0. The SMILES string of the molecule is CC1CCN(C(=O)c2cnc(-c3ccccc3)nc2N2CCc3ccccc3C2)CC1. The Morgan fingerprint density at radius 1 is 0.935 bits per heavy atom. The van der Waals surface area contributed by atoms with Crippen molar-refractivity contribution in [3.05, 3.63) is 77.5 Å². The predicted octanol–water partition coefficient (Wildman–Crippen LogP) is 4.58. The van der Waals surface area contributed by atoms with Crippen LogP contribution >= 0.6 is 0 Å². The van der Waals surface area contributed by atoms with Gasteiger partial charge in [0.15, 0.2) is 5.82 Å². The summed E-state index contributed by atoms with van der Waals surface area (Å²) in [5.74, 6) is 2.16. The first-order chi connectivity index (χ1) is 15.2. The summed E-state index contributed by atoms with van der Waals surface area (Å²) < 4.78 is 0. The van der Waals surface area contributed by atoms with Gasteiger partial charge in [-0.2, -0.15) is 0 Å². The molecule has 5 heteroatoms. The summed E-state index contributed by atoms with van der Waals surface area (Å²) >= 11 is 0. The highest BCUT2D eigenvalue weighted by Gasteiger charge is 2.28. The molecule has 3 heterocycles. The van der Waals surface area contributed by atoms with Gasteiger partial charge in [-0.1, -0.05) is 61.5 Å². The zero-order valence-corrected chi connectivity index (χ0v) is 18.0. The molecular weight excluding hydrogens is 384 g/mol. The molecule has 0 aliphatic carbocycles. The fraction of sp³-hybridized carbons (Fsp3) is 0.346. The third-order valence-electron chi connectivity index (χ3n) is 6.53. The fourth-order valence-corrected chi connectivity index (χ4v) is 4.55. The van der Waals surface area contributed by atoms with E-state index >= 15 is 0 Å². The van der Waals surface area contributed by atoms with Crippen LogP contribution in [0.2, 0.25) is 0 Å².